The van der Waals surface area contributed by atoms with Crippen molar-refractivity contribution in [3.05, 3.63) is 18.2 Å². The number of aryl methyl sites for hydroxylation is 1. The summed E-state index contributed by atoms with van der Waals surface area (Å²) in [5.74, 6) is 0. The SMILES string of the molecule is CCCNCCc1cn(CCC(C)(C)OC)cn1. The molecule has 0 atom stereocenters. The van der Waals surface area contributed by atoms with Crippen LogP contribution in [-0.2, 0) is 17.7 Å². The van der Waals surface area contributed by atoms with Gasteiger partial charge in [0.25, 0.3) is 0 Å². The van der Waals surface area contributed by atoms with Crippen LogP contribution in [0, 0.1) is 0 Å². The smallest absolute Gasteiger partial charge is 0.0949 e. The van der Waals surface area contributed by atoms with Crippen molar-refractivity contribution in [2.75, 3.05) is 20.2 Å². The van der Waals surface area contributed by atoms with E-state index in [-0.39, 0.29) is 5.60 Å². The highest BCUT2D eigenvalue weighted by Gasteiger charge is 2.15. The van der Waals surface area contributed by atoms with Gasteiger partial charge < -0.3 is 14.6 Å². The van der Waals surface area contributed by atoms with E-state index in [1.54, 1.807) is 7.11 Å². The van der Waals surface area contributed by atoms with Gasteiger partial charge in [0.2, 0.25) is 0 Å². The van der Waals surface area contributed by atoms with Gasteiger partial charge in [-0.05, 0) is 33.2 Å². The summed E-state index contributed by atoms with van der Waals surface area (Å²) in [7, 11) is 1.76. The van der Waals surface area contributed by atoms with Gasteiger partial charge in [0.15, 0.2) is 0 Å². The highest BCUT2D eigenvalue weighted by Crippen LogP contribution is 2.14. The van der Waals surface area contributed by atoms with Gasteiger partial charge in [0.1, 0.15) is 0 Å². The van der Waals surface area contributed by atoms with Crippen LogP contribution in [0.1, 0.15) is 39.3 Å². The fourth-order valence-corrected chi connectivity index (χ4v) is 1.68. The molecular weight excluding hydrogens is 226 g/mol. The number of nitrogens with zero attached hydrogens (tertiary/aromatic N) is 2. The van der Waals surface area contributed by atoms with Crippen LogP contribution in [0.4, 0.5) is 0 Å². The standard InChI is InChI=1S/C14H27N3O/c1-5-8-15-9-6-13-11-17(12-16-13)10-7-14(2,3)18-4/h11-12,15H,5-10H2,1-4H3. The van der Waals surface area contributed by atoms with E-state index in [1.807, 2.05) is 6.33 Å². The van der Waals surface area contributed by atoms with Crippen molar-refractivity contribution in [1.29, 1.82) is 0 Å². The van der Waals surface area contributed by atoms with Gasteiger partial charge >= 0.3 is 0 Å². The number of hydrogen-bond acceptors (Lipinski definition) is 3. The van der Waals surface area contributed by atoms with Gasteiger partial charge in [0.05, 0.1) is 17.6 Å². The van der Waals surface area contributed by atoms with Crippen LogP contribution < -0.4 is 5.32 Å². The van der Waals surface area contributed by atoms with Crippen LogP contribution in [0.15, 0.2) is 12.5 Å². The molecule has 104 valence electrons. The molecule has 18 heavy (non-hydrogen) atoms. The van der Waals surface area contributed by atoms with Crippen molar-refractivity contribution in [2.24, 2.45) is 0 Å². The minimum absolute atomic E-state index is 0.0624. The van der Waals surface area contributed by atoms with E-state index in [2.05, 4.69) is 41.8 Å². The van der Waals surface area contributed by atoms with E-state index >= 15 is 0 Å². The molecule has 4 heteroatoms. The van der Waals surface area contributed by atoms with E-state index in [0.29, 0.717) is 0 Å². The van der Waals surface area contributed by atoms with Crippen LogP contribution in [0.3, 0.4) is 0 Å². The van der Waals surface area contributed by atoms with Crippen LogP contribution in [0.25, 0.3) is 0 Å². The fourth-order valence-electron chi connectivity index (χ4n) is 1.68. The Morgan fingerprint density at radius 3 is 2.83 bits per heavy atom. The Bertz CT molecular complexity index is 334. The third kappa shape index (κ3) is 5.65. The van der Waals surface area contributed by atoms with Gasteiger partial charge in [0, 0.05) is 32.8 Å². The number of hydrogen-bond donors (Lipinski definition) is 1. The Morgan fingerprint density at radius 1 is 1.39 bits per heavy atom. The summed E-state index contributed by atoms with van der Waals surface area (Å²) in [6.45, 7) is 9.45. The van der Waals surface area contributed by atoms with Crippen LogP contribution in [0.5, 0.6) is 0 Å². The summed E-state index contributed by atoms with van der Waals surface area (Å²) in [6, 6.07) is 0. The molecule has 0 fully saturated rings. The molecule has 1 rings (SSSR count). The quantitative estimate of drug-likeness (QED) is 0.686. The van der Waals surface area contributed by atoms with E-state index in [0.717, 1.165) is 38.2 Å². The first kappa shape index (κ1) is 15.2. The van der Waals surface area contributed by atoms with Crippen molar-refractivity contribution >= 4 is 0 Å². The first-order valence-corrected chi connectivity index (χ1v) is 6.84. The zero-order chi connectivity index (χ0) is 13.4. The molecule has 4 nitrogen and oxygen atoms in total. The molecule has 0 spiro atoms. The number of rotatable bonds is 9. The van der Waals surface area contributed by atoms with Crippen molar-refractivity contribution in [3.63, 3.8) is 0 Å². The molecule has 0 radical (unpaired) electrons. The zero-order valence-corrected chi connectivity index (χ0v) is 12.2. The summed E-state index contributed by atoms with van der Waals surface area (Å²) in [4.78, 5) is 4.42. The summed E-state index contributed by atoms with van der Waals surface area (Å²) >= 11 is 0. The lowest BCUT2D eigenvalue weighted by Gasteiger charge is -2.22. The second-order valence-corrected chi connectivity index (χ2v) is 5.32. The molecule has 0 unspecified atom stereocenters. The summed E-state index contributed by atoms with van der Waals surface area (Å²) in [6.07, 6.45) is 7.23. The normalized spacial score (nSPS) is 12.0. The number of aromatic nitrogens is 2. The van der Waals surface area contributed by atoms with Crippen LogP contribution in [-0.4, -0.2) is 35.4 Å². The average molecular weight is 253 g/mol. The minimum atomic E-state index is -0.0624. The molecule has 0 aliphatic heterocycles. The molecule has 0 saturated heterocycles. The van der Waals surface area contributed by atoms with Gasteiger partial charge in [-0.25, -0.2) is 4.98 Å². The lowest BCUT2D eigenvalue weighted by Crippen LogP contribution is -2.24. The number of imidazole rings is 1. The van der Waals surface area contributed by atoms with Gasteiger partial charge in [-0.2, -0.15) is 0 Å². The van der Waals surface area contributed by atoms with E-state index < -0.39 is 0 Å². The first-order chi connectivity index (χ1) is 8.57. The average Bonchev–Trinajstić information content (AvgIpc) is 2.80. The Labute approximate surface area is 111 Å². The molecule has 0 saturated carbocycles. The Kier molecular flexibility index (Phi) is 6.36. The minimum Gasteiger partial charge on any atom is -0.379 e. The zero-order valence-electron chi connectivity index (χ0n) is 12.2. The summed E-state index contributed by atoms with van der Waals surface area (Å²) < 4.78 is 7.56. The maximum absolute atomic E-state index is 5.41. The predicted octanol–water partition coefficient (Wildman–Crippen LogP) is 2.24. The molecule has 1 heterocycles. The molecule has 1 aromatic heterocycles. The fraction of sp³-hybridized carbons (Fsp3) is 0.786. The number of methoxy groups -OCH3 is 1. The first-order valence-electron chi connectivity index (χ1n) is 6.84. The maximum Gasteiger partial charge on any atom is 0.0949 e. The number of nitrogens with one attached hydrogen (secondary N) is 1. The number of ether oxygens (including phenoxy) is 1. The largest absolute Gasteiger partial charge is 0.379 e. The molecule has 1 aromatic rings. The molecule has 0 aliphatic rings. The lowest BCUT2D eigenvalue weighted by atomic mass is 10.1. The van der Waals surface area contributed by atoms with E-state index in [4.69, 9.17) is 4.74 Å². The molecule has 0 aromatic carbocycles. The second kappa shape index (κ2) is 7.54. The Hall–Kier alpha value is -0.870. The van der Waals surface area contributed by atoms with Gasteiger partial charge in [-0.1, -0.05) is 6.92 Å². The highest BCUT2D eigenvalue weighted by molar-refractivity contribution is 4.97. The molecule has 0 amide bonds. The highest BCUT2D eigenvalue weighted by atomic mass is 16.5. The molecule has 1 N–H and O–H groups in total. The van der Waals surface area contributed by atoms with Gasteiger partial charge in [-0.15, -0.1) is 0 Å². The molecule has 0 aliphatic carbocycles. The summed E-state index contributed by atoms with van der Waals surface area (Å²) in [5.41, 5.74) is 1.10. The van der Waals surface area contributed by atoms with Crippen LogP contribution >= 0.6 is 0 Å². The third-order valence-corrected chi connectivity index (χ3v) is 3.20. The third-order valence-electron chi connectivity index (χ3n) is 3.20. The van der Waals surface area contributed by atoms with E-state index in [9.17, 15) is 0 Å². The molecular formula is C14H27N3O. The van der Waals surface area contributed by atoms with Gasteiger partial charge in [-0.3, -0.25) is 0 Å². The predicted molar refractivity (Wildman–Crippen MR) is 74.8 cm³/mol. The van der Waals surface area contributed by atoms with Crippen molar-refractivity contribution in [2.45, 2.75) is 52.2 Å². The lowest BCUT2D eigenvalue weighted by molar-refractivity contribution is 0.0120. The maximum atomic E-state index is 5.41. The Morgan fingerprint density at radius 2 is 2.17 bits per heavy atom. The topological polar surface area (TPSA) is 39.1 Å². The van der Waals surface area contributed by atoms with Crippen molar-refractivity contribution in [3.8, 4) is 0 Å². The monoisotopic (exact) mass is 253 g/mol. The molecule has 0 bridgehead atoms. The van der Waals surface area contributed by atoms with Crippen molar-refractivity contribution < 1.29 is 4.74 Å². The van der Waals surface area contributed by atoms with E-state index in [1.165, 1.54) is 6.42 Å². The van der Waals surface area contributed by atoms with Crippen molar-refractivity contribution in [1.82, 2.24) is 14.9 Å². The van der Waals surface area contributed by atoms with Crippen LogP contribution in [0.2, 0.25) is 0 Å². The summed E-state index contributed by atoms with van der Waals surface area (Å²) in [5, 5.41) is 3.39. The Balaban J connectivity index is 2.30. The second-order valence-electron chi connectivity index (χ2n) is 5.32.